The second-order valence-electron chi connectivity index (χ2n) is 5.51. The van der Waals surface area contributed by atoms with Gasteiger partial charge in [0.15, 0.2) is 17.7 Å². The van der Waals surface area contributed by atoms with Crippen LogP contribution in [0, 0.1) is 0 Å². The number of benzene rings is 1. The Kier molecular flexibility index (Phi) is 2.84. The standard InChI is InChI=1S/C15H15ClO4/c1-15(2)19-12-7-9(13(18)14(12)20-15)5-8-6-10(17)3-4-11(8)16/h3-4,6-7,12,14,17H,5H2,1-2H3/t12-,14-/m0/s1/i/hT. The van der Waals surface area contributed by atoms with Crippen molar-refractivity contribution >= 4 is 17.4 Å². The van der Waals surface area contributed by atoms with E-state index in [1.54, 1.807) is 38.1 Å². The third kappa shape index (κ3) is 2.35. The quantitative estimate of drug-likeness (QED) is 0.931. The van der Waals surface area contributed by atoms with Crippen molar-refractivity contribution in [2.24, 2.45) is 0 Å². The molecule has 0 bridgehead atoms. The molecule has 0 radical (unpaired) electrons. The minimum absolute atomic E-state index is 0.0705. The number of carbonyl (C=O) groups is 1. The number of carbonyl (C=O) groups excluding carboxylic acids is 1. The van der Waals surface area contributed by atoms with E-state index in [4.69, 9.17) is 22.5 Å². The van der Waals surface area contributed by atoms with Crippen molar-refractivity contribution in [2.75, 3.05) is 0 Å². The van der Waals surface area contributed by atoms with Gasteiger partial charge in [0.05, 0.1) is 0 Å². The van der Waals surface area contributed by atoms with Gasteiger partial charge < -0.3 is 14.6 Å². The van der Waals surface area contributed by atoms with Crippen molar-refractivity contribution in [3.8, 4) is 5.75 Å². The number of fused-ring (bicyclic) bond motifs is 1. The van der Waals surface area contributed by atoms with Crippen molar-refractivity contribution in [3.05, 3.63) is 40.4 Å². The second-order valence-corrected chi connectivity index (χ2v) is 5.91. The number of halogens is 1. The number of hydrogen-bond donors (Lipinski definition) is 1. The molecule has 1 saturated heterocycles. The van der Waals surface area contributed by atoms with Crippen LogP contribution in [0.4, 0.5) is 0 Å². The third-order valence-corrected chi connectivity index (χ3v) is 3.84. The topological polar surface area (TPSA) is 55.8 Å². The summed E-state index contributed by atoms with van der Waals surface area (Å²) < 4.78 is 18.2. The summed E-state index contributed by atoms with van der Waals surface area (Å²) in [7, 11) is 0. The minimum Gasteiger partial charge on any atom is -0.508 e. The molecule has 0 aromatic heterocycles. The monoisotopic (exact) mass is 296 g/mol. The predicted octanol–water partition coefficient (Wildman–Crippen LogP) is 2.62. The fourth-order valence-electron chi connectivity index (χ4n) is 2.62. The van der Waals surface area contributed by atoms with Crippen LogP contribution in [-0.2, 0) is 20.7 Å². The van der Waals surface area contributed by atoms with Gasteiger partial charge in [0, 0.05) is 17.0 Å². The minimum atomic E-state index is -0.732. The van der Waals surface area contributed by atoms with Crippen LogP contribution in [0.25, 0.3) is 0 Å². The Morgan fingerprint density at radius 2 is 2.25 bits per heavy atom. The van der Waals surface area contributed by atoms with Gasteiger partial charge in [-0.2, -0.15) is 0 Å². The Balaban J connectivity index is 1.82. The number of phenols is 1. The van der Waals surface area contributed by atoms with Gasteiger partial charge in [-0.1, -0.05) is 11.6 Å². The molecule has 1 heterocycles. The summed E-state index contributed by atoms with van der Waals surface area (Å²) in [5.41, 5.74) is 1.35. The summed E-state index contributed by atoms with van der Waals surface area (Å²) in [6.45, 7) is 3.58. The molecule has 0 spiro atoms. The molecule has 2 aliphatic rings. The van der Waals surface area contributed by atoms with Gasteiger partial charge in [0.2, 0.25) is 0 Å². The number of rotatable bonds is 3. The number of aromatic hydroxyl groups is 1. The molecule has 1 aliphatic carbocycles. The van der Waals surface area contributed by atoms with Crippen molar-refractivity contribution in [2.45, 2.75) is 38.3 Å². The van der Waals surface area contributed by atoms with E-state index in [0.29, 0.717) is 22.8 Å². The molecule has 5 heteroatoms. The van der Waals surface area contributed by atoms with Crippen LogP contribution < -0.4 is 0 Å². The fourth-order valence-corrected chi connectivity index (χ4v) is 2.80. The summed E-state index contributed by atoms with van der Waals surface area (Å²) in [5, 5.41) is 4.97. The zero-order valence-corrected chi connectivity index (χ0v) is 11.9. The zero-order chi connectivity index (χ0) is 15.2. The van der Waals surface area contributed by atoms with Crippen LogP contribution in [0.1, 0.15) is 19.4 Å². The van der Waals surface area contributed by atoms with E-state index < -0.39 is 11.9 Å². The number of ether oxygens (including phenoxy) is 2. The number of phenolic OH excluding ortho intramolecular Hbond substituents is 1. The van der Waals surface area contributed by atoms with E-state index in [9.17, 15) is 4.79 Å². The molecule has 1 aliphatic heterocycles. The van der Waals surface area contributed by atoms with Gasteiger partial charge in [-0.25, -0.2) is 0 Å². The first-order chi connectivity index (χ1) is 9.89. The first kappa shape index (κ1) is 12.4. The largest absolute Gasteiger partial charge is 0.508 e. The highest BCUT2D eigenvalue weighted by Crippen LogP contribution is 2.36. The zero-order valence-electron chi connectivity index (χ0n) is 12.2. The number of ketones is 1. The molecule has 1 fully saturated rings. The maximum atomic E-state index is 12.4. The molecule has 0 amide bonds. The van der Waals surface area contributed by atoms with E-state index in [1.165, 1.54) is 0 Å². The normalized spacial score (nSPS) is 28.1. The van der Waals surface area contributed by atoms with Gasteiger partial charge in [0.1, 0.15) is 11.9 Å². The Labute approximate surface area is 123 Å². The molecule has 3 rings (SSSR count). The number of hydrogen-bond acceptors (Lipinski definition) is 4. The molecule has 0 unspecified atom stereocenters. The first-order valence-corrected chi connectivity index (χ1v) is 6.79. The highest BCUT2D eigenvalue weighted by molar-refractivity contribution is 6.31. The number of Topliss-reactive ketones (excluding diaryl/α,β-unsaturated/α-hetero) is 1. The second kappa shape index (κ2) is 4.58. The lowest BCUT2D eigenvalue weighted by Gasteiger charge is -2.17. The van der Waals surface area contributed by atoms with Crippen LogP contribution in [0.15, 0.2) is 29.8 Å². The van der Waals surface area contributed by atoms with Gasteiger partial charge in [-0.05, 0) is 43.7 Å². The molecule has 106 valence electrons. The summed E-state index contributed by atoms with van der Waals surface area (Å²) in [6.07, 6.45) is 1.27. The molecule has 1 aromatic rings. The van der Waals surface area contributed by atoms with Crippen molar-refractivity contribution in [1.82, 2.24) is 0 Å². The molecular formula is C15H15ClO4. The van der Waals surface area contributed by atoms with E-state index in [2.05, 4.69) is 5.11 Å². The lowest BCUT2D eigenvalue weighted by Crippen LogP contribution is -2.27. The fraction of sp³-hybridized carbons (Fsp3) is 0.400. The van der Waals surface area contributed by atoms with Crippen molar-refractivity contribution in [3.63, 3.8) is 0 Å². The Morgan fingerprint density at radius 3 is 2.95 bits per heavy atom. The van der Waals surface area contributed by atoms with E-state index >= 15 is 0 Å². The van der Waals surface area contributed by atoms with Crippen LogP contribution in [0.5, 0.6) is 5.75 Å². The van der Waals surface area contributed by atoms with Crippen molar-refractivity contribution < 1.29 is 19.4 Å². The Bertz CT molecular complexity index is 626. The lowest BCUT2D eigenvalue weighted by atomic mass is 10.0. The maximum absolute atomic E-state index is 12.4. The molecule has 20 heavy (non-hydrogen) atoms. The smallest absolute Gasteiger partial charge is 0.293 e. The molecule has 1 N–H and O–H groups in total. The summed E-state index contributed by atoms with van der Waals surface area (Å²) in [6, 6.07) is 4.91. The Hall–Kier alpha value is -1.36. The summed E-state index contributed by atoms with van der Waals surface area (Å²) in [5.74, 6) is -0.419. The van der Waals surface area contributed by atoms with Crippen LogP contribution in [0.3, 0.4) is 0 Å². The summed E-state index contributed by atoms with van der Waals surface area (Å²) >= 11 is 6.13. The van der Waals surface area contributed by atoms with E-state index in [-0.39, 0.29) is 11.9 Å². The maximum Gasteiger partial charge on any atom is 0.293 e. The van der Waals surface area contributed by atoms with E-state index in [0.717, 1.165) is 5.56 Å². The average Bonchev–Trinajstić information content (AvgIpc) is 2.87. The van der Waals surface area contributed by atoms with Crippen molar-refractivity contribution in [1.29, 1.82) is 1.43 Å². The van der Waals surface area contributed by atoms with Crippen LogP contribution in [-0.4, -0.2) is 30.3 Å². The third-order valence-electron chi connectivity index (χ3n) is 3.47. The highest BCUT2D eigenvalue weighted by atomic mass is 35.5. The van der Waals surface area contributed by atoms with E-state index in [1.807, 2.05) is 0 Å². The van der Waals surface area contributed by atoms with Gasteiger partial charge in [-0.15, -0.1) is 0 Å². The molecule has 2 atom stereocenters. The van der Waals surface area contributed by atoms with Gasteiger partial charge in [-0.3, -0.25) is 4.79 Å². The molecule has 0 saturated carbocycles. The highest BCUT2D eigenvalue weighted by Gasteiger charge is 2.48. The molecular weight excluding hydrogens is 280 g/mol. The first-order valence-electron chi connectivity index (χ1n) is 6.82. The van der Waals surface area contributed by atoms with Crippen LogP contribution in [0.2, 0.25) is 5.02 Å². The van der Waals surface area contributed by atoms with Crippen LogP contribution >= 0.6 is 11.6 Å². The average molecular weight is 297 g/mol. The van der Waals surface area contributed by atoms with Gasteiger partial charge in [0.25, 0.3) is 1.43 Å². The lowest BCUT2D eigenvalue weighted by molar-refractivity contribution is -0.153. The predicted molar refractivity (Wildman–Crippen MR) is 73.7 cm³/mol. The SMILES string of the molecule is [3H]Oc1ccc(Cl)c(CC2=C[C@@H]3OC(C)(C)O[C@@H]3C2=O)c1. The van der Waals surface area contributed by atoms with Gasteiger partial charge >= 0.3 is 0 Å². The molecule has 4 nitrogen and oxygen atoms in total. The Morgan fingerprint density at radius 1 is 1.45 bits per heavy atom. The molecule has 1 aromatic carbocycles. The summed E-state index contributed by atoms with van der Waals surface area (Å²) in [4.78, 5) is 12.4.